The Morgan fingerprint density at radius 2 is 1.52 bits per heavy atom. The molecule has 3 amide bonds. The van der Waals surface area contributed by atoms with Crippen molar-refractivity contribution in [1.29, 1.82) is 0 Å². The Labute approximate surface area is 132 Å². The van der Waals surface area contributed by atoms with Gasteiger partial charge in [-0.3, -0.25) is 9.69 Å². The van der Waals surface area contributed by atoms with Crippen LogP contribution in [-0.4, -0.2) is 98.4 Å². The molecule has 2 saturated heterocycles. The van der Waals surface area contributed by atoms with Crippen LogP contribution in [0.2, 0.25) is 0 Å². The number of urea groups is 1. The van der Waals surface area contributed by atoms with Crippen molar-refractivity contribution in [2.75, 3.05) is 65.6 Å². The summed E-state index contributed by atoms with van der Waals surface area (Å²) in [6.07, 6.45) is -4.42. The highest BCUT2D eigenvalue weighted by molar-refractivity contribution is 5.79. The Hall–Kier alpha value is -1.55. The minimum absolute atomic E-state index is 0.0257. The smallest absolute Gasteiger partial charge is 0.379 e. The summed E-state index contributed by atoms with van der Waals surface area (Å²) in [7, 11) is 0. The highest BCUT2D eigenvalue weighted by Gasteiger charge is 2.30. The van der Waals surface area contributed by atoms with Gasteiger partial charge in [-0.15, -0.1) is 0 Å². The summed E-state index contributed by atoms with van der Waals surface area (Å²) in [4.78, 5) is 28.7. The lowest BCUT2D eigenvalue weighted by Crippen LogP contribution is -2.55. The Morgan fingerprint density at radius 1 is 0.957 bits per heavy atom. The van der Waals surface area contributed by atoms with E-state index in [9.17, 15) is 22.8 Å². The van der Waals surface area contributed by atoms with Crippen molar-refractivity contribution in [2.24, 2.45) is 0 Å². The van der Waals surface area contributed by atoms with E-state index >= 15 is 0 Å². The fourth-order valence-corrected chi connectivity index (χ4v) is 2.50. The Kier molecular flexibility index (Phi) is 6.05. The topological polar surface area (TPSA) is 65.1 Å². The Balaban J connectivity index is 1.70. The van der Waals surface area contributed by atoms with Gasteiger partial charge in [0.05, 0.1) is 19.8 Å². The maximum Gasteiger partial charge on any atom is 0.405 e. The van der Waals surface area contributed by atoms with Crippen LogP contribution < -0.4 is 5.32 Å². The van der Waals surface area contributed by atoms with Crippen LogP contribution in [0.5, 0.6) is 0 Å². The molecule has 0 spiro atoms. The van der Waals surface area contributed by atoms with Crippen LogP contribution in [0.4, 0.5) is 18.0 Å². The second-order valence-corrected chi connectivity index (χ2v) is 5.53. The zero-order chi connectivity index (χ0) is 16.9. The van der Waals surface area contributed by atoms with E-state index in [2.05, 4.69) is 0 Å². The predicted molar refractivity (Wildman–Crippen MR) is 74.9 cm³/mol. The third kappa shape index (κ3) is 5.87. The van der Waals surface area contributed by atoms with Crippen molar-refractivity contribution in [3.05, 3.63) is 0 Å². The molecule has 0 aromatic carbocycles. The third-order valence-corrected chi connectivity index (χ3v) is 3.82. The molecule has 2 aliphatic rings. The predicted octanol–water partition coefficient (Wildman–Crippen LogP) is -0.265. The number of ether oxygens (including phenoxy) is 1. The molecule has 0 unspecified atom stereocenters. The summed E-state index contributed by atoms with van der Waals surface area (Å²) >= 11 is 0. The van der Waals surface area contributed by atoms with Gasteiger partial charge in [0.2, 0.25) is 5.91 Å². The molecule has 2 aliphatic heterocycles. The summed E-state index contributed by atoms with van der Waals surface area (Å²) in [5, 5.41) is 1.84. The van der Waals surface area contributed by atoms with Gasteiger partial charge in [-0.2, -0.15) is 13.2 Å². The molecule has 0 radical (unpaired) electrons. The number of morpholine rings is 1. The van der Waals surface area contributed by atoms with Crippen molar-refractivity contribution in [2.45, 2.75) is 6.18 Å². The zero-order valence-corrected chi connectivity index (χ0v) is 12.8. The van der Waals surface area contributed by atoms with Crippen molar-refractivity contribution >= 4 is 11.9 Å². The molecule has 7 nitrogen and oxygen atoms in total. The SMILES string of the molecule is O=C(CN1CCOCC1)N1CCN(C(=O)NCC(F)(F)F)CC1. The quantitative estimate of drug-likeness (QED) is 0.770. The molecule has 10 heteroatoms. The molecule has 0 bridgehead atoms. The van der Waals surface area contributed by atoms with Gasteiger partial charge in [-0.1, -0.05) is 0 Å². The number of nitrogens with one attached hydrogen (secondary N) is 1. The minimum atomic E-state index is -4.42. The molecule has 0 aromatic rings. The molecule has 2 rings (SSSR count). The number of nitrogens with zero attached hydrogens (tertiary/aromatic N) is 3. The van der Waals surface area contributed by atoms with E-state index in [-0.39, 0.29) is 19.0 Å². The molecule has 0 saturated carbocycles. The van der Waals surface area contributed by atoms with E-state index in [1.807, 2.05) is 10.2 Å². The van der Waals surface area contributed by atoms with Crippen molar-refractivity contribution in [3.63, 3.8) is 0 Å². The first-order valence-electron chi connectivity index (χ1n) is 7.52. The normalized spacial score (nSPS) is 20.5. The van der Waals surface area contributed by atoms with Crippen LogP contribution in [0.3, 0.4) is 0 Å². The number of carbonyl (C=O) groups is 2. The van der Waals surface area contributed by atoms with Crippen LogP contribution in [0.1, 0.15) is 0 Å². The van der Waals surface area contributed by atoms with Gasteiger partial charge < -0.3 is 19.9 Å². The van der Waals surface area contributed by atoms with Gasteiger partial charge >= 0.3 is 12.2 Å². The summed E-state index contributed by atoms with van der Waals surface area (Å²) < 4.78 is 41.4. The van der Waals surface area contributed by atoms with Gasteiger partial charge in [-0.05, 0) is 0 Å². The molecule has 0 aliphatic carbocycles. The maximum atomic E-state index is 12.2. The lowest BCUT2D eigenvalue weighted by molar-refractivity contribution is -0.134. The van der Waals surface area contributed by atoms with Gasteiger partial charge in [-0.25, -0.2) is 4.79 Å². The molecular weight excluding hydrogens is 317 g/mol. The monoisotopic (exact) mass is 338 g/mol. The highest BCUT2D eigenvalue weighted by Crippen LogP contribution is 2.12. The van der Waals surface area contributed by atoms with Crippen LogP contribution in [-0.2, 0) is 9.53 Å². The number of hydrogen-bond donors (Lipinski definition) is 1. The van der Waals surface area contributed by atoms with E-state index in [1.54, 1.807) is 4.90 Å². The molecule has 1 N–H and O–H groups in total. The average molecular weight is 338 g/mol. The second-order valence-electron chi connectivity index (χ2n) is 5.53. The van der Waals surface area contributed by atoms with Crippen molar-refractivity contribution < 1.29 is 27.5 Å². The maximum absolute atomic E-state index is 12.2. The highest BCUT2D eigenvalue weighted by atomic mass is 19.4. The number of carbonyl (C=O) groups excluding carboxylic acids is 2. The number of amides is 3. The fourth-order valence-electron chi connectivity index (χ4n) is 2.50. The van der Waals surface area contributed by atoms with Crippen LogP contribution >= 0.6 is 0 Å². The molecule has 0 atom stereocenters. The van der Waals surface area contributed by atoms with Crippen LogP contribution in [0, 0.1) is 0 Å². The number of alkyl halides is 3. The van der Waals surface area contributed by atoms with Crippen molar-refractivity contribution in [3.8, 4) is 0 Å². The van der Waals surface area contributed by atoms with Crippen LogP contribution in [0.25, 0.3) is 0 Å². The molecular formula is C13H21F3N4O3. The third-order valence-electron chi connectivity index (χ3n) is 3.82. The largest absolute Gasteiger partial charge is 0.405 e. The number of rotatable bonds is 3. The summed E-state index contributed by atoms with van der Waals surface area (Å²) in [5.41, 5.74) is 0. The van der Waals surface area contributed by atoms with Crippen LogP contribution in [0.15, 0.2) is 0 Å². The first-order valence-corrected chi connectivity index (χ1v) is 7.52. The first-order chi connectivity index (χ1) is 10.8. The van der Waals surface area contributed by atoms with E-state index < -0.39 is 18.8 Å². The molecule has 132 valence electrons. The molecule has 23 heavy (non-hydrogen) atoms. The van der Waals surface area contributed by atoms with E-state index in [4.69, 9.17) is 4.74 Å². The second kappa shape index (κ2) is 7.82. The first kappa shape index (κ1) is 17.8. The molecule has 2 fully saturated rings. The number of hydrogen-bond acceptors (Lipinski definition) is 4. The van der Waals surface area contributed by atoms with Gasteiger partial charge in [0.15, 0.2) is 0 Å². The summed E-state index contributed by atoms with van der Waals surface area (Å²) in [6.45, 7) is 2.76. The van der Waals surface area contributed by atoms with Gasteiger partial charge in [0.25, 0.3) is 0 Å². The Bertz CT molecular complexity index is 419. The van der Waals surface area contributed by atoms with Crippen molar-refractivity contribution in [1.82, 2.24) is 20.0 Å². The fraction of sp³-hybridized carbons (Fsp3) is 0.846. The standard InChI is InChI=1S/C13H21F3N4O3/c14-13(15,16)10-17-12(22)20-3-1-19(2-4-20)11(21)9-18-5-7-23-8-6-18/h1-10H2,(H,17,22). The summed E-state index contributed by atoms with van der Waals surface area (Å²) in [6, 6.07) is -0.748. The van der Waals surface area contributed by atoms with E-state index in [1.165, 1.54) is 4.90 Å². The lowest BCUT2D eigenvalue weighted by Gasteiger charge is -2.36. The Morgan fingerprint density at radius 3 is 2.09 bits per heavy atom. The zero-order valence-electron chi connectivity index (χ0n) is 12.8. The summed E-state index contributed by atoms with van der Waals surface area (Å²) in [5.74, 6) is -0.0257. The molecule has 0 aromatic heterocycles. The van der Waals surface area contributed by atoms with E-state index in [0.29, 0.717) is 45.9 Å². The minimum Gasteiger partial charge on any atom is -0.379 e. The van der Waals surface area contributed by atoms with E-state index in [0.717, 1.165) is 0 Å². The number of halogens is 3. The number of piperazine rings is 1. The molecule has 2 heterocycles. The lowest BCUT2D eigenvalue weighted by atomic mass is 10.3. The van der Waals surface area contributed by atoms with Gasteiger partial charge in [0, 0.05) is 39.3 Å². The van der Waals surface area contributed by atoms with Gasteiger partial charge in [0.1, 0.15) is 6.54 Å². The average Bonchev–Trinajstić information content (AvgIpc) is 2.53.